The number of nitrogens with one attached hydrogen (secondary N) is 1. The van der Waals surface area contributed by atoms with Crippen LogP contribution in [0.2, 0.25) is 0 Å². The van der Waals surface area contributed by atoms with Gasteiger partial charge in [-0.15, -0.1) is 0 Å². The molecule has 8 heteroatoms. The van der Waals surface area contributed by atoms with Gasteiger partial charge in [0.15, 0.2) is 11.6 Å². The monoisotopic (exact) mass is 401 g/mol. The fourth-order valence-corrected chi connectivity index (χ4v) is 3.72. The van der Waals surface area contributed by atoms with Gasteiger partial charge < -0.3 is 9.30 Å². The van der Waals surface area contributed by atoms with Crippen LogP contribution in [0.25, 0.3) is 0 Å². The zero-order chi connectivity index (χ0) is 20.7. The summed E-state index contributed by atoms with van der Waals surface area (Å²) >= 11 is 0. The van der Waals surface area contributed by atoms with Gasteiger partial charge in [0.1, 0.15) is 11.6 Å². The summed E-state index contributed by atoms with van der Waals surface area (Å²) in [6.45, 7) is 1.69. The molecule has 1 N–H and O–H groups in total. The molecule has 3 aromatic rings. The lowest BCUT2D eigenvalue weighted by molar-refractivity contribution is 0.386. The summed E-state index contributed by atoms with van der Waals surface area (Å²) < 4.78 is 48.2. The summed E-state index contributed by atoms with van der Waals surface area (Å²) in [5.41, 5.74) is 1.99. The Morgan fingerprint density at radius 1 is 1.10 bits per heavy atom. The van der Waals surface area contributed by atoms with E-state index in [1.54, 1.807) is 11.5 Å². The van der Waals surface area contributed by atoms with Crippen molar-refractivity contribution in [3.63, 3.8) is 0 Å². The maximum absolute atomic E-state index is 13.9. The molecular formula is C21H18F3N3O2. The second kappa shape index (κ2) is 7.27. The Bertz CT molecular complexity index is 1210. The van der Waals surface area contributed by atoms with Crippen LogP contribution < -0.4 is 15.9 Å². The predicted octanol–water partition coefficient (Wildman–Crippen LogP) is 3.68. The van der Waals surface area contributed by atoms with Crippen LogP contribution in [0.5, 0.6) is 5.75 Å². The number of ether oxygens (including phenoxy) is 1. The summed E-state index contributed by atoms with van der Waals surface area (Å²) in [5.74, 6) is -1.83. The zero-order valence-corrected chi connectivity index (χ0v) is 15.8. The highest BCUT2D eigenvalue weighted by Crippen LogP contribution is 2.31. The molecule has 0 bridgehead atoms. The van der Waals surface area contributed by atoms with E-state index in [2.05, 4.69) is 9.98 Å². The van der Waals surface area contributed by atoms with Crippen LogP contribution in [-0.4, -0.2) is 16.7 Å². The second-order valence-electron chi connectivity index (χ2n) is 6.96. The lowest BCUT2D eigenvalue weighted by Crippen LogP contribution is -2.32. The Morgan fingerprint density at radius 2 is 1.83 bits per heavy atom. The normalized spacial score (nSPS) is 16.2. The Balaban J connectivity index is 1.93. The van der Waals surface area contributed by atoms with Gasteiger partial charge in [0.2, 0.25) is 5.62 Å². The van der Waals surface area contributed by atoms with Crippen molar-refractivity contribution in [2.75, 3.05) is 7.11 Å². The van der Waals surface area contributed by atoms with Crippen molar-refractivity contribution < 1.29 is 17.9 Å². The number of hydrogen-bond donors (Lipinski definition) is 1. The maximum Gasteiger partial charge on any atom is 0.252 e. The molecular weight excluding hydrogens is 383 g/mol. The van der Waals surface area contributed by atoms with E-state index < -0.39 is 23.5 Å². The van der Waals surface area contributed by atoms with E-state index in [1.165, 1.54) is 37.4 Å². The average Bonchev–Trinajstić information content (AvgIpc) is 3.07. The number of fused-ring (bicyclic) bond motifs is 1. The molecule has 1 unspecified atom stereocenters. The average molecular weight is 401 g/mol. The van der Waals surface area contributed by atoms with Gasteiger partial charge in [-0.05, 0) is 49.1 Å². The molecule has 1 aromatic heterocycles. The number of H-pyrrole nitrogens is 1. The van der Waals surface area contributed by atoms with Crippen molar-refractivity contribution in [2.45, 2.75) is 25.8 Å². The largest absolute Gasteiger partial charge is 0.494 e. The van der Waals surface area contributed by atoms with E-state index in [9.17, 15) is 18.0 Å². The Labute approximate surface area is 164 Å². The third-order valence-electron chi connectivity index (χ3n) is 5.02. The van der Waals surface area contributed by atoms with E-state index in [-0.39, 0.29) is 16.9 Å². The second-order valence-corrected chi connectivity index (χ2v) is 6.96. The molecule has 1 atom stereocenters. The highest BCUT2D eigenvalue weighted by Gasteiger charge is 2.25. The van der Waals surface area contributed by atoms with Crippen LogP contribution in [0.3, 0.4) is 0 Å². The first-order valence-corrected chi connectivity index (χ1v) is 9.05. The van der Waals surface area contributed by atoms with Crippen molar-refractivity contribution >= 4 is 5.69 Å². The number of aromatic amines is 1. The Morgan fingerprint density at radius 3 is 2.52 bits per heavy atom. The van der Waals surface area contributed by atoms with E-state index in [0.29, 0.717) is 35.3 Å². The molecule has 0 saturated carbocycles. The highest BCUT2D eigenvalue weighted by molar-refractivity contribution is 5.50. The number of methoxy groups -OCH3 is 1. The van der Waals surface area contributed by atoms with Crippen LogP contribution in [-0.2, 0) is 6.42 Å². The third-order valence-corrected chi connectivity index (χ3v) is 5.02. The van der Waals surface area contributed by atoms with Gasteiger partial charge in [-0.1, -0.05) is 0 Å². The van der Waals surface area contributed by atoms with Crippen LogP contribution in [0, 0.1) is 24.4 Å². The Hall–Kier alpha value is -3.29. The van der Waals surface area contributed by atoms with Gasteiger partial charge in [-0.2, -0.15) is 0 Å². The van der Waals surface area contributed by atoms with Crippen molar-refractivity contribution in [3.05, 3.63) is 86.6 Å². The number of nitrogens with zero attached hydrogens (tertiary/aromatic N) is 2. The summed E-state index contributed by atoms with van der Waals surface area (Å²) in [4.78, 5) is 19.3. The summed E-state index contributed by atoms with van der Waals surface area (Å²) in [6, 6.07) is 7.16. The molecule has 1 aliphatic heterocycles. The first-order chi connectivity index (χ1) is 13.9. The van der Waals surface area contributed by atoms with Crippen LogP contribution in [0.4, 0.5) is 18.9 Å². The molecule has 0 spiro atoms. The quantitative estimate of drug-likeness (QED) is 0.728. The highest BCUT2D eigenvalue weighted by atomic mass is 19.1. The van der Waals surface area contributed by atoms with Gasteiger partial charge in [-0.25, -0.2) is 18.2 Å². The van der Waals surface area contributed by atoms with Crippen molar-refractivity contribution in [1.82, 2.24) is 9.55 Å². The van der Waals surface area contributed by atoms with Crippen LogP contribution in [0.15, 0.2) is 46.2 Å². The Kier molecular flexibility index (Phi) is 4.77. The number of benzene rings is 2. The van der Waals surface area contributed by atoms with E-state index >= 15 is 0 Å². The van der Waals surface area contributed by atoms with Gasteiger partial charge in [0, 0.05) is 23.9 Å². The zero-order valence-electron chi connectivity index (χ0n) is 15.8. The predicted molar refractivity (Wildman–Crippen MR) is 101 cm³/mol. The van der Waals surface area contributed by atoms with Crippen molar-refractivity contribution in [3.8, 4) is 5.75 Å². The maximum atomic E-state index is 13.9. The first-order valence-electron chi connectivity index (χ1n) is 9.05. The number of aryl methyl sites for hydroxylation is 2. The minimum absolute atomic E-state index is 0.0259. The third kappa shape index (κ3) is 3.57. The number of aromatic nitrogens is 2. The molecule has 4 rings (SSSR count). The molecule has 29 heavy (non-hydrogen) atoms. The van der Waals surface area contributed by atoms with Crippen molar-refractivity contribution in [2.24, 2.45) is 4.99 Å². The molecule has 0 fully saturated rings. The molecule has 0 amide bonds. The lowest BCUT2D eigenvalue weighted by Gasteiger charge is -2.16. The summed E-state index contributed by atoms with van der Waals surface area (Å²) in [5, 5.41) is 0. The van der Waals surface area contributed by atoms with Crippen molar-refractivity contribution in [1.29, 1.82) is 0 Å². The molecule has 2 aromatic carbocycles. The van der Waals surface area contributed by atoms with E-state index in [1.807, 2.05) is 0 Å². The first kappa shape index (κ1) is 19.0. The van der Waals surface area contributed by atoms with Gasteiger partial charge >= 0.3 is 0 Å². The smallest absolute Gasteiger partial charge is 0.252 e. The molecule has 0 aliphatic carbocycles. The lowest BCUT2D eigenvalue weighted by atomic mass is 10.0. The minimum atomic E-state index is -0.670. The molecule has 150 valence electrons. The topological polar surface area (TPSA) is 59.4 Å². The molecule has 5 nitrogen and oxygen atoms in total. The summed E-state index contributed by atoms with van der Waals surface area (Å²) in [6.07, 6.45) is 1.12. The summed E-state index contributed by atoms with van der Waals surface area (Å²) in [7, 11) is 1.35. The number of hydrogen-bond acceptors (Lipinski definition) is 3. The molecule has 0 radical (unpaired) electrons. The van der Waals surface area contributed by atoms with E-state index in [0.717, 1.165) is 6.07 Å². The fraction of sp³-hybridized carbons (Fsp3) is 0.238. The molecule has 2 heterocycles. The minimum Gasteiger partial charge on any atom is -0.494 e. The SMILES string of the molecule is COc1cc(/N=c2\[nH]c(=O)cc3n2C(c2cc(F)cc(F)c2)CC3)c(C)cc1F. The molecule has 0 saturated heterocycles. The van der Waals surface area contributed by atoms with Crippen LogP contribution >= 0.6 is 0 Å². The van der Waals surface area contributed by atoms with Crippen LogP contribution in [0.1, 0.15) is 29.3 Å². The number of halogens is 3. The van der Waals surface area contributed by atoms with Gasteiger partial charge in [-0.3, -0.25) is 9.78 Å². The van der Waals surface area contributed by atoms with Gasteiger partial charge in [0.25, 0.3) is 5.56 Å². The molecule has 1 aliphatic rings. The van der Waals surface area contributed by atoms with E-state index in [4.69, 9.17) is 4.74 Å². The van der Waals surface area contributed by atoms with Gasteiger partial charge in [0.05, 0.1) is 18.8 Å². The standard InChI is InChI=1S/C21H18F3N3O2/c1-11-5-16(24)19(29-2)10-17(11)25-21-26-20(28)9-15-3-4-18(27(15)21)12-6-13(22)8-14(23)7-12/h5-10,18H,3-4H2,1-2H3,(H,25,26,28). The fourth-order valence-electron chi connectivity index (χ4n) is 3.72. The number of rotatable bonds is 3.